The van der Waals surface area contributed by atoms with Crippen molar-refractivity contribution in [2.24, 2.45) is 0 Å². The normalized spacial score (nSPS) is 12.4. The molecular formula is C5H13NO3S. The largest absolute Gasteiger partial charge is 0.299 e. The Morgan fingerprint density at radius 2 is 2.00 bits per heavy atom. The molecule has 0 aromatic rings. The third kappa shape index (κ3) is 3.81. The number of sulfonamides is 1. The van der Waals surface area contributed by atoms with E-state index in [1.54, 1.807) is 0 Å². The van der Waals surface area contributed by atoms with Crippen LogP contribution in [0.4, 0.5) is 0 Å². The minimum Gasteiger partial charge on any atom is -0.299 e. The topological polar surface area (TPSA) is 57.6 Å². The number of hydrogen-bond donors (Lipinski definition) is 1. The summed E-state index contributed by atoms with van der Waals surface area (Å²) in [4.78, 5) is 0. The third-order valence-corrected chi connectivity index (χ3v) is 2.03. The molecule has 0 fully saturated rings. The average molecular weight is 167 g/mol. The van der Waals surface area contributed by atoms with Crippen LogP contribution in [0.1, 0.15) is 19.8 Å². The summed E-state index contributed by atoms with van der Waals surface area (Å²) >= 11 is 0. The van der Waals surface area contributed by atoms with Crippen molar-refractivity contribution in [2.75, 3.05) is 12.8 Å². The van der Waals surface area contributed by atoms with Gasteiger partial charge in [-0.05, 0) is 6.42 Å². The van der Waals surface area contributed by atoms with Gasteiger partial charge in [0.05, 0.1) is 6.26 Å². The van der Waals surface area contributed by atoms with Gasteiger partial charge in [0.2, 0.25) is 10.0 Å². The number of unbranched alkanes of at least 4 members (excludes halogenated alkanes) is 1. The van der Waals surface area contributed by atoms with E-state index >= 15 is 0 Å². The highest BCUT2D eigenvalue weighted by molar-refractivity contribution is 7.88. The minimum absolute atomic E-state index is 0.190. The Bertz CT molecular complexity index is 175. The lowest BCUT2D eigenvalue weighted by Crippen LogP contribution is -2.27. The van der Waals surface area contributed by atoms with Gasteiger partial charge in [0.15, 0.2) is 0 Å². The van der Waals surface area contributed by atoms with Crippen molar-refractivity contribution in [3.05, 3.63) is 0 Å². The van der Waals surface area contributed by atoms with Gasteiger partial charge in [-0.3, -0.25) is 5.21 Å². The number of hydroxylamine groups is 1. The van der Waals surface area contributed by atoms with E-state index in [0.29, 0.717) is 10.9 Å². The molecule has 62 valence electrons. The van der Waals surface area contributed by atoms with E-state index in [9.17, 15) is 8.42 Å². The quantitative estimate of drug-likeness (QED) is 0.618. The van der Waals surface area contributed by atoms with Gasteiger partial charge in [-0.2, -0.15) is 0 Å². The fourth-order valence-electron chi connectivity index (χ4n) is 0.459. The second-order valence-corrected chi connectivity index (χ2v) is 4.05. The Kier molecular flexibility index (Phi) is 3.85. The fourth-order valence-corrected chi connectivity index (χ4v) is 0.920. The smallest absolute Gasteiger partial charge is 0.232 e. The van der Waals surface area contributed by atoms with Gasteiger partial charge < -0.3 is 0 Å². The molecule has 4 nitrogen and oxygen atoms in total. The molecule has 0 aliphatic heterocycles. The van der Waals surface area contributed by atoms with Gasteiger partial charge in [0, 0.05) is 6.54 Å². The van der Waals surface area contributed by atoms with Crippen molar-refractivity contribution < 1.29 is 13.6 Å². The molecule has 0 atom stereocenters. The van der Waals surface area contributed by atoms with Crippen molar-refractivity contribution in [3.63, 3.8) is 0 Å². The molecule has 0 spiro atoms. The minimum atomic E-state index is -3.39. The molecule has 0 aliphatic rings. The molecule has 0 aromatic heterocycles. The highest BCUT2D eigenvalue weighted by atomic mass is 32.2. The van der Waals surface area contributed by atoms with Gasteiger partial charge in [-0.15, -0.1) is 0 Å². The van der Waals surface area contributed by atoms with Crippen LogP contribution in [0.3, 0.4) is 0 Å². The molecule has 0 heterocycles. The predicted molar refractivity (Wildman–Crippen MR) is 38.2 cm³/mol. The first-order chi connectivity index (χ1) is 4.48. The molecule has 0 rings (SSSR count). The maximum Gasteiger partial charge on any atom is 0.232 e. The maximum absolute atomic E-state index is 10.5. The molecule has 0 radical (unpaired) electrons. The monoisotopic (exact) mass is 167 g/mol. The molecule has 10 heavy (non-hydrogen) atoms. The van der Waals surface area contributed by atoms with Crippen molar-refractivity contribution in [2.45, 2.75) is 19.8 Å². The van der Waals surface area contributed by atoms with Crippen LogP contribution < -0.4 is 0 Å². The second kappa shape index (κ2) is 3.90. The summed E-state index contributed by atoms with van der Waals surface area (Å²) < 4.78 is 21.4. The Morgan fingerprint density at radius 1 is 1.50 bits per heavy atom. The first-order valence-electron chi connectivity index (χ1n) is 3.15. The molecule has 0 aromatic carbocycles. The molecule has 5 heteroatoms. The molecule has 1 N–H and O–H groups in total. The number of nitrogens with zero attached hydrogens (tertiary/aromatic N) is 1. The van der Waals surface area contributed by atoms with Crippen LogP contribution in [0.25, 0.3) is 0 Å². The summed E-state index contributed by atoms with van der Waals surface area (Å²) in [5.74, 6) is 0. The first kappa shape index (κ1) is 9.87. The van der Waals surface area contributed by atoms with Crippen LogP contribution in [0.15, 0.2) is 0 Å². The Labute approximate surface area is 61.5 Å². The molecule has 0 aliphatic carbocycles. The maximum atomic E-state index is 10.5. The van der Waals surface area contributed by atoms with Crippen LogP contribution in [0.5, 0.6) is 0 Å². The fraction of sp³-hybridized carbons (Fsp3) is 1.00. The van der Waals surface area contributed by atoms with E-state index in [-0.39, 0.29) is 6.54 Å². The Balaban J connectivity index is 3.75. The summed E-state index contributed by atoms with van der Waals surface area (Å²) in [6.07, 6.45) is 2.53. The molecular weight excluding hydrogens is 154 g/mol. The zero-order chi connectivity index (χ0) is 8.20. The van der Waals surface area contributed by atoms with Gasteiger partial charge in [-0.25, -0.2) is 8.42 Å². The van der Waals surface area contributed by atoms with Gasteiger partial charge in [-0.1, -0.05) is 17.8 Å². The van der Waals surface area contributed by atoms with E-state index in [1.165, 1.54) is 0 Å². The van der Waals surface area contributed by atoms with Crippen LogP contribution in [-0.2, 0) is 10.0 Å². The molecule has 0 amide bonds. The molecule has 0 unspecified atom stereocenters. The summed E-state index contributed by atoms with van der Waals surface area (Å²) in [6, 6.07) is 0. The lowest BCUT2D eigenvalue weighted by molar-refractivity contribution is 0.00317. The summed E-state index contributed by atoms with van der Waals surface area (Å²) in [5.41, 5.74) is 0. The van der Waals surface area contributed by atoms with Crippen molar-refractivity contribution in [1.82, 2.24) is 4.47 Å². The van der Waals surface area contributed by atoms with Crippen molar-refractivity contribution >= 4 is 10.0 Å². The summed E-state index contributed by atoms with van der Waals surface area (Å²) in [5, 5.41) is 8.76. The average Bonchev–Trinajstić information content (AvgIpc) is 1.80. The number of hydrogen-bond acceptors (Lipinski definition) is 3. The van der Waals surface area contributed by atoms with E-state index in [0.717, 1.165) is 12.7 Å². The van der Waals surface area contributed by atoms with Gasteiger partial charge in [0.1, 0.15) is 0 Å². The number of rotatable bonds is 4. The summed E-state index contributed by atoms with van der Waals surface area (Å²) in [6.45, 7) is 2.12. The molecule has 0 saturated carbocycles. The van der Waals surface area contributed by atoms with E-state index in [2.05, 4.69) is 0 Å². The van der Waals surface area contributed by atoms with Crippen molar-refractivity contribution in [3.8, 4) is 0 Å². The van der Waals surface area contributed by atoms with Gasteiger partial charge in [0.25, 0.3) is 0 Å². The van der Waals surface area contributed by atoms with E-state index in [1.807, 2.05) is 6.92 Å². The van der Waals surface area contributed by atoms with Crippen LogP contribution in [0, 0.1) is 0 Å². The first-order valence-corrected chi connectivity index (χ1v) is 5.00. The standard InChI is InChI=1S/C5H13NO3S/c1-3-4-5-6(7)10(2,8)9/h7H,3-5H2,1-2H3. The van der Waals surface area contributed by atoms with Gasteiger partial charge >= 0.3 is 0 Å². The van der Waals surface area contributed by atoms with Crippen LogP contribution in [0.2, 0.25) is 0 Å². The van der Waals surface area contributed by atoms with Crippen LogP contribution >= 0.6 is 0 Å². The van der Waals surface area contributed by atoms with Crippen molar-refractivity contribution in [1.29, 1.82) is 0 Å². The molecule has 0 bridgehead atoms. The van der Waals surface area contributed by atoms with E-state index < -0.39 is 10.0 Å². The highest BCUT2D eigenvalue weighted by Crippen LogP contribution is 1.95. The zero-order valence-electron chi connectivity index (χ0n) is 6.24. The Morgan fingerprint density at radius 3 is 2.30 bits per heavy atom. The third-order valence-electron chi connectivity index (χ3n) is 1.09. The lowest BCUT2D eigenvalue weighted by atomic mass is 10.3. The zero-order valence-corrected chi connectivity index (χ0v) is 7.06. The highest BCUT2D eigenvalue weighted by Gasteiger charge is 2.10. The predicted octanol–water partition coefficient (Wildman–Crippen LogP) is 0.437. The lowest BCUT2D eigenvalue weighted by Gasteiger charge is -2.09. The molecule has 0 saturated heterocycles. The van der Waals surface area contributed by atoms with E-state index in [4.69, 9.17) is 5.21 Å². The summed E-state index contributed by atoms with van der Waals surface area (Å²) in [7, 11) is -3.39. The second-order valence-electron chi connectivity index (χ2n) is 2.16. The SMILES string of the molecule is CCCCN(O)S(C)(=O)=O. The van der Waals surface area contributed by atoms with Crippen LogP contribution in [-0.4, -0.2) is 30.9 Å². The Hall–Kier alpha value is -0.130.